The Morgan fingerprint density at radius 3 is 2.32 bits per heavy atom. The molecule has 1 saturated heterocycles. The van der Waals surface area contributed by atoms with Gasteiger partial charge in [-0.25, -0.2) is 21.6 Å². The van der Waals surface area contributed by atoms with Crippen molar-refractivity contribution < 1.29 is 31.1 Å². The first-order valence-electron chi connectivity index (χ1n) is 9.66. The predicted octanol–water partition coefficient (Wildman–Crippen LogP) is 3.17. The maximum absolute atomic E-state index is 13.9. The molecule has 10 heteroatoms. The molecule has 0 saturated carbocycles. The van der Waals surface area contributed by atoms with Gasteiger partial charge in [0.1, 0.15) is 0 Å². The molecule has 0 unspecified atom stereocenters. The van der Waals surface area contributed by atoms with Crippen LogP contribution in [0.15, 0.2) is 41.3 Å². The van der Waals surface area contributed by atoms with Gasteiger partial charge in [0.05, 0.1) is 12.0 Å². The second kappa shape index (κ2) is 9.27. The molecule has 0 bridgehead atoms. The summed E-state index contributed by atoms with van der Waals surface area (Å²) in [6.07, 6.45) is 0.589. The molecule has 2 aromatic carbocycles. The van der Waals surface area contributed by atoms with E-state index in [1.807, 2.05) is 0 Å². The fraction of sp³-hybridized carbons (Fsp3) is 0.381. The van der Waals surface area contributed by atoms with E-state index in [0.29, 0.717) is 24.5 Å². The normalized spacial score (nSPS) is 15.6. The number of rotatable bonds is 6. The molecule has 0 N–H and O–H groups in total. The number of piperidine rings is 1. The SMILES string of the molecule is COc1ccc(CN(C)C(=O)C2CCN(S(=O)(=O)c3ccc(F)c(F)c3)CC2)cc1F. The molecule has 1 amide bonds. The van der Waals surface area contributed by atoms with Crippen molar-refractivity contribution in [2.24, 2.45) is 5.92 Å². The fourth-order valence-corrected chi connectivity index (χ4v) is 5.08. The number of methoxy groups -OCH3 is 1. The van der Waals surface area contributed by atoms with Crippen molar-refractivity contribution in [2.75, 3.05) is 27.2 Å². The summed E-state index contributed by atoms with van der Waals surface area (Å²) in [7, 11) is -1.01. The Balaban J connectivity index is 1.61. The Morgan fingerprint density at radius 1 is 1.06 bits per heavy atom. The minimum absolute atomic E-state index is 0.0861. The van der Waals surface area contributed by atoms with E-state index >= 15 is 0 Å². The van der Waals surface area contributed by atoms with E-state index in [4.69, 9.17) is 4.74 Å². The number of hydrogen-bond acceptors (Lipinski definition) is 4. The molecule has 1 aliphatic heterocycles. The van der Waals surface area contributed by atoms with E-state index in [1.54, 1.807) is 13.1 Å². The van der Waals surface area contributed by atoms with Crippen molar-refractivity contribution in [2.45, 2.75) is 24.3 Å². The zero-order valence-corrected chi connectivity index (χ0v) is 18.0. The van der Waals surface area contributed by atoms with Crippen LogP contribution in [-0.2, 0) is 21.4 Å². The predicted molar refractivity (Wildman–Crippen MR) is 107 cm³/mol. The highest BCUT2D eigenvalue weighted by Gasteiger charge is 2.33. The lowest BCUT2D eigenvalue weighted by molar-refractivity contribution is -0.135. The number of benzene rings is 2. The van der Waals surface area contributed by atoms with Crippen LogP contribution < -0.4 is 4.74 Å². The van der Waals surface area contributed by atoms with Crippen LogP contribution in [0.3, 0.4) is 0 Å². The zero-order valence-electron chi connectivity index (χ0n) is 17.1. The Labute approximate surface area is 179 Å². The van der Waals surface area contributed by atoms with Crippen molar-refractivity contribution in [1.82, 2.24) is 9.21 Å². The third kappa shape index (κ3) is 5.01. The van der Waals surface area contributed by atoms with Crippen molar-refractivity contribution in [3.8, 4) is 5.75 Å². The van der Waals surface area contributed by atoms with Crippen molar-refractivity contribution in [1.29, 1.82) is 0 Å². The van der Waals surface area contributed by atoms with Crippen LogP contribution >= 0.6 is 0 Å². The Bertz CT molecular complexity index is 1070. The Morgan fingerprint density at radius 2 is 1.74 bits per heavy atom. The Kier molecular flexibility index (Phi) is 6.90. The lowest BCUT2D eigenvalue weighted by Gasteiger charge is -2.32. The van der Waals surface area contributed by atoms with E-state index in [-0.39, 0.29) is 42.1 Å². The topological polar surface area (TPSA) is 66.9 Å². The molecule has 1 heterocycles. The molecule has 0 radical (unpaired) electrons. The highest BCUT2D eigenvalue weighted by Crippen LogP contribution is 2.26. The van der Waals surface area contributed by atoms with Crippen LogP contribution in [0, 0.1) is 23.4 Å². The molecule has 0 atom stereocenters. The van der Waals surface area contributed by atoms with Gasteiger partial charge in [-0.05, 0) is 48.7 Å². The summed E-state index contributed by atoms with van der Waals surface area (Å²) in [5.74, 6) is -3.31. The molecular weight excluding hydrogens is 433 g/mol. The number of nitrogens with zero attached hydrogens (tertiary/aromatic N) is 2. The lowest BCUT2D eigenvalue weighted by Crippen LogP contribution is -2.43. The van der Waals surface area contributed by atoms with Gasteiger partial charge in [-0.3, -0.25) is 4.79 Å². The summed E-state index contributed by atoms with van der Waals surface area (Å²) in [5, 5.41) is 0. The van der Waals surface area contributed by atoms with Gasteiger partial charge in [0, 0.05) is 32.6 Å². The van der Waals surface area contributed by atoms with E-state index < -0.39 is 27.5 Å². The number of ether oxygens (including phenoxy) is 1. The number of halogens is 3. The molecular formula is C21H23F3N2O4S. The third-order valence-electron chi connectivity index (χ3n) is 5.34. The summed E-state index contributed by atoms with van der Waals surface area (Å²) in [6, 6.07) is 6.92. The highest BCUT2D eigenvalue weighted by molar-refractivity contribution is 7.89. The molecule has 0 spiro atoms. The van der Waals surface area contributed by atoms with E-state index in [9.17, 15) is 26.4 Å². The van der Waals surface area contributed by atoms with E-state index in [0.717, 1.165) is 12.1 Å². The Hall–Kier alpha value is -2.59. The first kappa shape index (κ1) is 23.1. The molecule has 0 aliphatic carbocycles. The maximum atomic E-state index is 13.9. The smallest absolute Gasteiger partial charge is 0.243 e. The van der Waals surface area contributed by atoms with Crippen molar-refractivity contribution in [3.05, 3.63) is 59.4 Å². The molecule has 6 nitrogen and oxygen atoms in total. The number of sulfonamides is 1. The van der Waals surface area contributed by atoms with Crippen LogP contribution in [0.4, 0.5) is 13.2 Å². The molecule has 31 heavy (non-hydrogen) atoms. The maximum Gasteiger partial charge on any atom is 0.243 e. The van der Waals surface area contributed by atoms with Crippen LogP contribution in [0.1, 0.15) is 18.4 Å². The quantitative estimate of drug-likeness (QED) is 0.670. The van der Waals surface area contributed by atoms with Gasteiger partial charge in [-0.15, -0.1) is 0 Å². The standard InChI is InChI=1S/C21H23F3N2O4S/c1-25(13-14-3-6-20(30-2)19(24)11-14)21(27)15-7-9-26(10-8-15)31(28,29)16-4-5-17(22)18(23)12-16/h3-6,11-12,15H,7-10,13H2,1-2H3. The minimum Gasteiger partial charge on any atom is -0.494 e. The van der Waals surface area contributed by atoms with Gasteiger partial charge in [-0.1, -0.05) is 6.07 Å². The van der Waals surface area contributed by atoms with Gasteiger partial charge in [0.2, 0.25) is 15.9 Å². The molecule has 1 aliphatic rings. The van der Waals surface area contributed by atoms with Crippen molar-refractivity contribution in [3.63, 3.8) is 0 Å². The average molecular weight is 456 g/mol. The molecule has 1 fully saturated rings. The average Bonchev–Trinajstić information content (AvgIpc) is 2.75. The summed E-state index contributed by atoms with van der Waals surface area (Å²) in [4.78, 5) is 13.9. The third-order valence-corrected chi connectivity index (χ3v) is 7.24. The molecule has 3 rings (SSSR count). The van der Waals surface area contributed by atoms with E-state index in [1.165, 1.54) is 28.4 Å². The van der Waals surface area contributed by atoms with Gasteiger partial charge >= 0.3 is 0 Å². The summed E-state index contributed by atoms with van der Waals surface area (Å²) in [5.41, 5.74) is 0.604. The van der Waals surface area contributed by atoms with Gasteiger partial charge in [0.25, 0.3) is 0 Å². The van der Waals surface area contributed by atoms with Crippen LogP contribution in [-0.4, -0.2) is 50.8 Å². The molecule has 0 aromatic heterocycles. The van der Waals surface area contributed by atoms with Gasteiger partial charge in [-0.2, -0.15) is 4.31 Å². The first-order valence-corrected chi connectivity index (χ1v) is 11.1. The number of hydrogen-bond donors (Lipinski definition) is 0. The van der Waals surface area contributed by atoms with Gasteiger partial charge < -0.3 is 9.64 Å². The van der Waals surface area contributed by atoms with Gasteiger partial charge in [0.15, 0.2) is 23.2 Å². The zero-order chi connectivity index (χ0) is 22.8. The number of amides is 1. The fourth-order valence-electron chi connectivity index (χ4n) is 3.60. The van der Waals surface area contributed by atoms with Crippen molar-refractivity contribution >= 4 is 15.9 Å². The van der Waals surface area contributed by atoms with Crippen LogP contribution in [0.25, 0.3) is 0 Å². The van der Waals surface area contributed by atoms with Crippen LogP contribution in [0.5, 0.6) is 5.75 Å². The second-order valence-electron chi connectivity index (χ2n) is 7.42. The second-order valence-corrected chi connectivity index (χ2v) is 9.36. The largest absolute Gasteiger partial charge is 0.494 e. The molecule has 2 aromatic rings. The lowest BCUT2D eigenvalue weighted by atomic mass is 9.96. The molecule has 168 valence electrons. The monoisotopic (exact) mass is 456 g/mol. The number of carbonyl (C=O) groups is 1. The first-order chi connectivity index (χ1) is 14.6. The summed E-state index contributed by atoms with van der Waals surface area (Å²) >= 11 is 0. The minimum atomic E-state index is -3.98. The summed E-state index contributed by atoms with van der Waals surface area (Å²) < 4.78 is 71.8. The number of carbonyl (C=O) groups excluding carboxylic acids is 1. The van der Waals surface area contributed by atoms with Crippen LogP contribution in [0.2, 0.25) is 0 Å². The van der Waals surface area contributed by atoms with E-state index in [2.05, 4.69) is 0 Å². The summed E-state index contributed by atoms with van der Waals surface area (Å²) in [6.45, 7) is 0.374. The highest BCUT2D eigenvalue weighted by atomic mass is 32.2.